The average Bonchev–Trinajstić information content (AvgIpc) is 2.02. The van der Waals surface area contributed by atoms with Crippen LogP contribution in [-0.4, -0.2) is 16.1 Å². The minimum Gasteiger partial charge on any atom is -0.289 e. The van der Waals surface area contributed by atoms with Crippen molar-refractivity contribution in [2.24, 2.45) is 0 Å². The van der Waals surface area contributed by atoms with Gasteiger partial charge in [0.1, 0.15) is 4.49 Å². The third-order valence-corrected chi connectivity index (χ3v) is 2.34. The van der Waals surface area contributed by atoms with Gasteiger partial charge in [-0.15, -0.1) is 0 Å². The van der Waals surface area contributed by atoms with Gasteiger partial charge in [-0.25, -0.2) is 0 Å². The molecule has 1 aliphatic heterocycles. The van der Waals surface area contributed by atoms with Crippen LogP contribution in [0.5, 0.6) is 0 Å². The molecule has 1 rings (SSSR count). The maximum atomic E-state index is 10.9. The van der Waals surface area contributed by atoms with E-state index in [1.54, 1.807) is 0 Å². The summed E-state index contributed by atoms with van der Waals surface area (Å²) in [5.74, 6) is -1.62. The van der Waals surface area contributed by atoms with Crippen molar-refractivity contribution in [2.75, 3.05) is 0 Å². The van der Waals surface area contributed by atoms with E-state index in [-0.39, 0.29) is 5.57 Å². The number of amides is 2. The molecule has 12 heavy (non-hydrogen) atoms. The van der Waals surface area contributed by atoms with E-state index in [9.17, 15) is 9.59 Å². The van der Waals surface area contributed by atoms with E-state index >= 15 is 0 Å². The van der Waals surface area contributed by atoms with Crippen molar-refractivity contribution in [1.29, 1.82) is 0 Å². The van der Waals surface area contributed by atoms with Crippen LogP contribution in [0.1, 0.15) is 0 Å². The highest BCUT2D eigenvalue weighted by Crippen LogP contribution is 2.38. The van der Waals surface area contributed by atoms with Crippen LogP contribution in [0.15, 0.2) is 10.1 Å². The fraction of sp³-hybridized carbons (Fsp3) is 0.200. The van der Waals surface area contributed by atoms with Crippen LogP contribution in [0, 0.1) is 0 Å². The second-order valence-electron chi connectivity index (χ2n) is 1.99. The van der Waals surface area contributed by atoms with Gasteiger partial charge >= 0.3 is 0 Å². The summed E-state index contributed by atoms with van der Waals surface area (Å²) in [4.78, 5) is 21.8. The SMILES string of the molecule is O=C1NC(=O)C(Cl)(Cl)C1=C(Cl)Cl. The van der Waals surface area contributed by atoms with Gasteiger partial charge in [0.15, 0.2) is 0 Å². The normalized spacial score (nSPS) is 21.2. The first-order valence-electron chi connectivity index (χ1n) is 2.66. The smallest absolute Gasteiger partial charge is 0.268 e. The summed E-state index contributed by atoms with van der Waals surface area (Å²) in [6.07, 6.45) is 0. The Bertz CT molecular complexity index is 292. The Morgan fingerprint density at radius 2 is 1.75 bits per heavy atom. The van der Waals surface area contributed by atoms with E-state index < -0.39 is 20.6 Å². The van der Waals surface area contributed by atoms with Crippen LogP contribution >= 0.6 is 46.4 Å². The molecule has 1 N–H and O–H groups in total. The highest BCUT2D eigenvalue weighted by molar-refractivity contribution is 6.68. The summed E-state index contributed by atoms with van der Waals surface area (Å²) < 4.78 is -2.39. The number of carbonyl (C=O) groups excluding carboxylic acids is 2. The van der Waals surface area contributed by atoms with E-state index in [0.29, 0.717) is 0 Å². The number of halogens is 4. The zero-order valence-corrected chi connectivity index (χ0v) is 8.35. The molecule has 0 bridgehead atoms. The first kappa shape index (κ1) is 10.1. The third-order valence-electron chi connectivity index (χ3n) is 1.24. The Labute approximate surface area is 87.6 Å². The standard InChI is InChI=1S/C5HCl4NO2/c6-2(7)1-3(11)10-4(12)5(1,8)9/h(H,10,11,12). The number of hydrogen-bond acceptors (Lipinski definition) is 2. The van der Waals surface area contributed by atoms with E-state index in [2.05, 4.69) is 0 Å². The Morgan fingerprint density at radius 1 is 1.25 bits per heavy atom. The van der Waals surface area contributed by atoms with Crippen molar-refractivity contribution >= 4 is 58.2 Å². The number of hydrogen-bond donors (Lipinski definition) is 1. The molecule has 0 radical (unpaired) electrons. The lowest BCUT2D eigenvalue weighted by Crippen LogP contribution is -2.27. The van der Waals surface area contributed by atoms with E-state index in [4.69, 9.17) is 46.4 Å². The highest BCUT2D eigenvalue weighted by Gasteiger charge is 2.50. The van der Waals surface area contributed by atoms with Crippen molar-refractivity contribution in [3.63, 3.8) is 0 Å². The third kappa shape index (κ3) is 1.42. The molecule has 3 nitrogen and oxygen atoms in total. The van der Waals surface area contributed by atoms with Gasteiger partial charge in [0.05, 0.1) is 5.57 Å². The Balaban J connectivity index is 3.27. The molecule has 0 atom stereocenters. The lowest BCUT2D eigenvalue weighted by molar-refractivity contribution is -0.124. The van der Waals surface area contributed by atoms with Gasteiger partial charge in [0.2, 0.25) is 4.33 Å². The Kier molecular flexibility index (Phi) is 2.59. The van der Waals surface area contributed by atoms with Gasteiger partial charge in [-0.2, -0.15) is 0 Å². The summed E-state index contributed by atoms with van der Waals surface area (Å²) in [5, 5.41) is 1.87. The summed E-state index contributed by atoms with van der Waals surface area (Å²) in [7, 11) is 0. The van der Waals surface area contributed by atoms with Gasteiger partial charge in [-0.05, 0) is 0 Å². The molecular weight excluding hydrogens is 248 g/mol. The topological polar surface area (TPSA) is 46.2 Å². The molecule has 1 fully saturated rings. The molecule has 0 spiro atoms. The predicted octanol–water partition coefficient (Wildman–Crippen LogP) is 1.51. The quantitative estimate of drug-likeness (QED) is 0.401. The van der Waals surface area contributed by atoms with E-state index in [1.807, 2.05) is 5.32 Å². The fourth-order valence-electron chi connectivity index (χ4n) is 0.705. The number of imide groups is 1. The summed E-state index contributed by atoms with van der Waals surface area (Å²) in [5.41, 5.74) is -0.334. The molecule has 2 amide bonds. The highest BCUT2D eigenvalue weighted by atomic mass is 35.5. The molecule has 1 aliphatic rings. The minimum absolute atomic E-state index is 0.334. The molecule has 0 aromatic heterocycles. The van der Waals surface area contributed by atoms with Crippen molar-refractivity contribution in [1.82, 2.24) is 5.32 Å². The summed E-state index contributed by atoms with van der Waals surface area (Å²) >= 11 is 21.5. The molecule has 0 aromatic rings. The molecule has 66 valence electrons. The van der Waals surface area contributed by atoms with Crippen molar-refractivity contribution < 1.29 is 9.59 Å². The molecule has 7 heteroatoms. The lowest BCUT2D eigenvalue weighted by atomic mass is 10.2. The van der Waals surface area contributed by atoms with Crippen LogP contribution in [0.2, 0.25) is 0 Å². The van der Waals surface area contributed by atoms with Gasteiger partial charge in [-0.1, -0.05) is 46.4 Å². The Morgan fingerprint density at radius 3 is 1.92 bits per heavy atom. The molecule has 1 heterocycles. The Hall–Kier alpha value is 0.0400. The second kappa shape index (κ2) is 3.07. The van der Waals surface area contributed by atoms with Crippen LogP contribution < -0.4 is 5.32 Å². The van der Waals surface area contributed by atoms with Gasteiger partial charge in [0.25, 0.3) is 11.8 Å². The first-order valence-corrected chi connectivity index (χ1v) is 4.18. The van der Waals surface area contributed by atoms with E-state index in [0.717, 1.165) is 0 Å². The van der Waals surface area contributed by atoms with Crippen molar-refractivity contribution in [3.05, 3.63) is 10.1 Å². The van der Waals surface area contributed by atoms with Crippen molar-refractivity contribution in [3.8, 4) is 0 Å². The number of nitrogens with one attached hydrogen (secondary N) is 1. The van der Waals surface area contributed by atoms with Gasteiger partial charge in [-0.3, -0.25) is 14.9 Å². The van der Waals surface area contributed by atoms with Crippen LogP contribution in [0.25, 0.3) is 0 Å². The molecule has 0 unspecified atom stereocenters. The van der Waals surface area contributed by atoms with Crippen LogP contribution in [0.4, 0.5) is 0 Å². The molecular formula is C5HCl4NO2. The maximum absolute atomic E-state index is 10.9. The van der Waals surface area contributed by atoms with Crippen LogP contribution in [-0.2, 0) is 9.59 Å². The minimum atomic E-state index is -1.98. The summed E-state index contributed by atoms with van der Waals surface area (Å²) in [6.45, 7) is 0. The molecule has 0 aliphatic carbocycles. The number of alkyl halides is 2. The van der Waals surface area contributed by atoms with Gasteiger partial charge in [0, 0.05) is 0 Å². The molecule has 0 aromatic carbocycles. The molecule has 0 saturated carbocycles. The van der Waals surface area contributed by atoms with E-state index in [1.165, 1.54) is 0 Å². The lowest BCUT2D eigenvalue weighted by Gasteiger charge is -2.07. The average molecular weight is 249 g/mol. The maximum Gasteiger partial charge on any atom is 0.268 e. The monoisotopic (exact) mass is 247 g/mol. The fourth-order valence-corrected chi connectivity index (χ4v) is 1.81. The first-order chi connectivity index (χ1) is 5.37. The van der Waals surface area contributed by atoms with Crippen LogP contribution in [0.3, 0.4) is 0 Å². The number of rotatable bonds is 0. The molecule has 1 saturated heterocycles. The summed E-state index contributed by atoms with van der Waals surface area (Å²) in [6, 6.07) is 0. The zero-order valence-electron chi connectivity index (χ0n) is 5.33. The van der Waals surface area contributed by atoms with Crippen molar-refractivity contribution in [2.45, 2.75) is 4.33 Å². The second-order valence-corrected chi connectivity index (χ2v) is 4.27. The van der Waals surface area contributed by atoms with Gasteiger partial charge < -0.3 is 0 Å². The predicted molar refractivity (Wildman–Crippen MR) is 46.3 cm³/mol. The zero-order chi connectivity index (χ0) is 9.52. The number of carbonyl (C=O) groups is 2. The largest absolute Gasteiger partial charge is 0.289 e.